The van der Waals surface area contributed by atoms with Crippen LogP contribution >= 0.6 is 111 Å². The first-order chi connectivity index (χ1) is 36.1. The van der Waals surface area contributed by atoms with Gasteiger partial charge in [-0.15, -0.1) is 0 Å². The summed E-state index contributed by atoms with van der Waals surface area (Å²) in [5.74, 6) is -4.40. The van der Waals surface area contributed by atoms with Crippen molar-refractivity contribution in [3.05, 3.63) is 163 Å². The number of nitrogens with one attached hydrogen (secondary N) is 2. The van der Waals surface area contributed by atoms with Gasteiger partial charge in [0.05, 0.1) is 47.2 Å². The number of nitrogens with two attached hydrogens (primary N) is 3. The Hall–Kier alpha value is -5.22. The molecule has 0 saturated carbocycles. The predicted molar refractivity (Wildman–Crippen MR) is 308 cm³/mol. The van der Waals surface area contributed by atoms with Crippen LogP contribution in [0.2, 0.25) is 15.1 Å². The molecular formula is C43H42BBr4Cl3F3FeN10O13S. The maximum atomic E-state index is 12.9. The zero-order valence-electron chi connectivity index (χ0n) is 40.4. The Morgan fingerprint density at radius 2 is 1.16 bits per heavy atom. The Labute approximate surface area is 512 Å². The van der Waals surface area contributed by atoms with Crippen molar-refractivity contribution in [3.8, 4) is 0 Å². The number of carbonyl (C=O) groups is 3. The summed E-state index contributed by atoms with van der Waals surface area (Å²) in [6.07, 6.45) is 0.874. The summed E-state index contributed by atoms with van der Waals surface area (Å²) in [5.41, 5.74) is 14.8. The Morgan fingerprint density at radius 1 is 0.747 bits per heavy atom. The van der Waals surface area contributed by atoms with Crippen LogP contribution in [0.3, 0.4) is 0 Å². The van der Waals surface area contributed by atoms with Crippen molar-refractivity contribution in [2.75, 3.05) is 22.1 Å². The molecule has 429 valence electrons. The van der Waals surface area contributed by atoms with E-state index < -0.39 is 72.2 Å². The number of nitrogens with zero attached hydrogens (tertiary/aromatic N) is 5. The van der Waals surface area contributed by atoms with E-state index in [1.54, 1.807) is 19.9 Å². The largest absolute Gasteiger partial charge is 0 e. The second-order valence-corrected chi connectivity index (χ2v) is 20.0. The van der Waals surface area contributed by atoms with E-state index in [2.05, 4.69) is 99.1 Å². The van der Waals surface area contributed by atoms with Gasteiger partial charge in [0.1, 0.15) is 32.9 Å². The van der Waals surface area contributed by atoms with Gasteiger partial charge in [0.2, 0.25) is 17.5 Å². The Morgan fingerprint density at radius 3 is 1.57 bits per heavy atom. The Balaban J connectivity index is 0. The zero-order valence-corrected chi connectivity index (χ0v) is 51.0. The maximum absolute atomic E-state index is 12.9. The molecule has 0 saturated heterocycles. The van der Waals surface area contributed by atoms with E-state index in [-0.39, 0.29) is 89.5 Å². The first-order valence-corrected chi connectivity index (χ1v) is 25.6. The van der Waals surface area contributed by atoms with Crippen LogP contribution in [0.15, 0.2) is 88.9 Å². The summed E-state index contributed by atoms with van der Waals surface area (Å²) in [7, 11) is 4.34. The molecule has 36 heteroatoms. The molecule has 0 bridgehead atoms. The number of para-hydroxylation sites is 1. The number of benzene rings is 5. The van der Waals surface area contributed by atoms with Crippen LogP contribution < -0.4 is 27.8 Å². The van der Waals surface area contributed by atoms with Crippen molar-refractivity contribution in [2.24, 2.45) is 10.0 Å². The molecule has 3 atom stereocenters. The average molecular weight is 1490 g/mol. The number of anilines is 4. The second kappa shape index (κ2) is 37.7. The molecule has 23 nitrogen and oxygen atoms in total. The number of nitro groups is 4. The van der Waals surface area contributed by atoms with Crippen LogP contribution in [0, 0.1) is 57.9 Å². The predicted octanol–water partition coefficient (Wildman–Crippen LogP) is 13.2. The standard InChI is InChI=1S/C11H11BrClNO.C10H10BrClN2O4.C6H2BrClFNO2.C6H4BrFN2O2.C6H5FN2O2.C4H9NO2.BHNS.Fe/c1-6-4-7(15)5-8-10(13)3-2-9(12)11(8)14-6;1-5(4-8(15)16)13-9-6(11)2-3-7(12)10(9)14(17)18;7-3-1-2-4(8)6(5(3)9)10(11)12;7-3-1-2-4(9)6(5(3)8)10(11)12;7-4-2-1-3-5(8)6(4)9(10)11;1-3(5)2-4(6)7;1-2-3;/h2-3,6,14H,4-5H2,1H3;2-3,5,13H,4H2,1H3,(H,15,16);1-2H;1-2H,9H2;1-3H,8H2;3H,2,5H2,1H3,(H,6,7);3H;/t6-;5-;;;;3-;;/m11...1../s1. The molecule has 1 aliphatic rings. The molecule has 10 N–H and O–H groups in total. The molecule has 1 aliphatic heterocycles. The second-order valence-electron chi connectivity index (χ2n) is 15.1. The quantitative estimate of drug-likeness (QED) is 0.0161. The molecule has 0 aliphatic carbocycles. The number of halogens is 10. The third-order valence-corrected chi connectivity index (χ3v) is 12.3. The van der Waals surface area contributed by atoms with Crippen LogP contribution in [0.25, 0.3) is 0 Å². The number of carbonyl (C=O) groups excluding carboxylic acids is 1. The molecule has 0 aromatic heterocycles. The summed E-state index contributed by atoms with van der Waals surface area (Å²) in [5, 5.41) is 64.8. The molecule has 1 heterocycles. The average Bonchev–Trinajstić information content (AvgIpc) is 3.46. The number of thiol groups is 1. The van der Waals surface area contributed by atoms with Gasteiger partial charge in [-0.05, 0) is 145 Å². The fourth-order valence-electron chi connectivity index (χ4n) is 5.67. The molecule has 79 heavy (non-hydrogen) atoms. The van der Waals surface area contributed by atoms with Crippen molar-refractivity contribution >= 4 is 182 Å². The topological polar surface area (TPSA) is 379 Å². The summed E-state index contributed by atoms with van der Waals surface area (Å²) in [6, 6.07) is 14.9. The number of carboxylic acid groups (broad SMARTS) is 2. The van der Waals surface area contributed by atoms with E-state index in [1.165, 1.54) is 42.5 Å². The number of ketones is 1. The summed E-state index contributed by atoms with van der Waals surface area (Å²) in [6.45, 7) is 5.28. The fraction of sp³-hybridized carbons (Fsp3) is 0.233. The number of rotatable bonds is 10. The molecule has 0 amide bonds. The van der Waals surface area contributed by atoms with Crippen molar-refractivity contribution in [1.29, 1.82) is 0 Å². The van der Waals surface area contributed by atoms with Gasteiger partial charge in [0.25, 0.3) is 0 Å². The number of nitrogen functional groups attached to an aromatic ring is 2. The third-order valence-electron chi connectivity index (χ3n) is 8.82. The monoisotopic (exact) mass is 1480 g/mol. The number of hydrogen-bond donors (Lipinski definition) is 8. The van der Waals surface area contributed by atoms with Gasteiger partial charge in [0, 0.05) is 67.6 Å². The number of hydrogen-bond acceptors (Lipinski definition) is 18. The number of carboxylic acids is 2. The van der Waals surface area contributed by atoms with Crippen molar-refractivity contribution in [3.63, 3.8) is 0 Å². The summed E-state index contributed by atoms with van der Waals surface area (Å²) in [4.78, 5) is 70.3. The van der Waals surface area contributed by atoms with E-state index in [4.69, 9.17) is 62.2 Å². The number of Topliss-reactive ketones (excluding diaryl/α,β-unsaturated/α-hetero) is 1. The van der Waals surface area contributed by atoms with E-state index in [0.29, 0.717) is 22.3 Å². The fourth-order valence-corrected chi connectivity index (χ4v) is 7.90. The normalized spacial score (nSPS) is 12.3. The van der Waals surface area contributed by atoms with Gasteiger partial charge in [-0.2, -0.15) is 13.2 Å². The van der Waals surface area contributed by atoms with Crippen LogP contribution in [0.5, 0.6) is 0 Å². The molecule has 0 fully saturated rings. The minimum atomic E-state index is -0.990. The van der Waals surface area contributed by atoms with Gasteiger partial charge >= 0.3 is 59.4 Å². The maximum Gasteiger partial charge on any atom is 0 e. The number of fused-ring (bicyclic) bond motifs is 1. The smallest absolute Gasteiger partial charge is 0 e. The summed E-state index contributed by atoms with van der Waals surface area (Å²) >= 11 is 32.7. The van der Waals surface area contributed by atoms with E-state index >= 15 is 0 Å². The molecule has 6 rings (SSSR count). The van der Waals surface area contributed by atoms with Gasteiger partial charge < -0.3 is 38.0 Å². The van der Waals surface area contributed by atoms with Crippen molar-refractivity contribution < 1.29 is 74.5 Å². The first kappa shape index (κ1) is 75.9. The van der Waals surface area contributed by atoms with Gasteiger partial charge in [-0.3, -0.25) is 54.8 Å². The van der Waals surface area contributed by atoms with Gasteiger partial charge in [-0.1, -0.05) is 40.9 Å². The molecule has 0 unspecified atom stereocenters. The van der Waals surface area contributed by atoms with E-state index in [1.807, 2.05) is 19.1 Å². The summed E-state index contributed by atoms with van der Waals surface area (Å²) < 4.78 is 42.6. The molecule has 5 aromatic carbocycles. The van der Waals surface area contributed by atoms with Gasteiger partial charge in [0.15, 0.2) is 0 Å². The van der Waals surface area contributed by atoms with Crippen LogP contribution in [-0.2, 0) is 37.9 Å². The van der Waals surface area contributed by atoms with E-state index in [0.717, 1.165) is 21.8 Å². The first-order valence-electron chi connectivity index (χ1n) is 20.9. The van der Waals surface area contributed by atoms with Crippen molar-refractivity contribution in [1.82, 2.24) is 0 Å². The Kier molecular flexibility index (Phi) is 36.2. The zero-order chi connectivity index (χ0) is 60.5. The SMILES string of the molecule is C[C@@H](N)CC(=O)O.C[C@@H]1CC(=O)Cc2c(Cl)ccc(Br)c2N1.C[C@H](CC(=O)O)Nc1c(Br)ccc(Cl)c1[N+](=O)[O-].Nc1ccc(Br)c(F)c1[N+](=O)[O-].Nc1cccc(F)c1[N+](=O)[O-].O=[N+]([O-])c1c(Cl)ccc(Br)c1F.[B]=NS.[Fe]. The number of nitro benzene ring substituents is 4. The molecule has 0 spiro atoms. The molecular weight excluding hydrogens is 1450 g/mol. The molecule has 1 radical (unpaired) electrons. The minimum absolute atomic E-state index is 0. The molecule has 5 aromatic rings. The van der Waals surface area contributed by atoms with E-state index in [9.17, 15) is 68.0 Å². The van der Waals surface area contributed by atoms with Crippen LogP contribution in [0.4, 0.5) is 58.7 Å². The van der Waals surface area contributed by atoms with Gasteiger partial charge in [-0.25, -0.2) is 0 Å². The third kappa shape index (κ3) is 26.7. The van der Waals surface area contributed by atoms with Crippen molar-refractivity contribution in [2.45, 2.75) is 64.6 Å². The Bertz CT molecular complexity index is 2930. The van der Waals surface area contributed by atoms with Crippen LogP contribution in [0.1, 0.15) is 45.6 Å². The minimum Gasteiger partial charge on any atom is 0 e. The van der Waals surface area contributed by atoms with Crippen LogP contribution in [-0.4, -0.2) is 73.4 Å². The number of aliphatic carboxylic acids is 2.